The summed E-state index contributed by atoms with van der Waals surface area (Å²) in [5.41, 5.74) is 22.6. The number of amides is 5. The minimum Gasteiger partial charge on any atom is -0.496 e. The zero-order chi connectivity index (χ0) is 41.6. The molecule has 0 heterocycles. The maximum Gasteiger partial charge on any atom is 0.408 e. The Bertz CT molecular complexity index is 1860. The van der Waals surface area contributed by atoms with Gasteiger partial charge in [0.05, 0.1) is 7.11 Å². The standard InChI is InChI=1S/C35H46N10O7.C2H4O2/c1-21(42-35(50)52-20-22-10-4-3-5-11-22)29(46)43-26(14-8-16-40-33(36)37)31(48)44-27(15-9-17-41-34(38)39)32(49)45-30(47)24-18-23-12-6-7-13-25(23)28(19-24)51-2;1-2(3)4/h3-7,10-13,18-19,21,26-27H,8-9,14-17,20H2,1-2H3,(H,42,50)(H,43,46)(H,44,48)(H4,36,37,40)(H4,38,39,41)(H,45,47,49);1H3,(H,3,4)/t21-,26-,27-;/m0./s1. The van der Waals surface area contributed by atoms with E-state index in [1.165, 1.54) is 20.1 Å². The highest BCUT2D eigenvalue weighted by Crippen LogP contribution is 2.27. The lowest BCUT2D eigenvalue weighted by Gasteiger charge is -2.24. The molecule has 0 saturated heterocycles. The number of carbonyl (C=O) groups is 6. The van der Waals surface area contributed by atoms with Crippen LogP contribution in [0.25, 0.3) is 10.8 Å². The van der Waals surface area contributed by atoms with Crippen molar-refractivity contribution >= 4 is 58.4 Å². The third kappa shape index (κ3) is 16.8. The normalized spacial score (nSPS) is 11.8. The third-order valence-corrected chi connectivity index (χ3v) is 7.64. The van der Waals surface area contributed by atoms with Crippen LogP contribution in [-0.2, 0) is 30.5 Å². The molecule has 3 aromatic rings. The van der Waals surface area contributed by atoms with Crippen molar-refractivity contribution in [3.05, 3.63) is 77.9 Å². The number of methoxy groups -OCH3 is 1. The number of nitrogens with one attached hydrogen (secondary N) is 4. The van der Waals surface area contributed by atoms with E-state index in [2.05, 4.69) is 31.3 Å². The minimum atomic E-state index is -1.24. The first-order valence-electron chi connectivity index (χ1n) is 17.4. The van der Waals surface area contributed by atoms with E-state index in [0.717, 1.165) is 17.9 Å². The van der Waals surface area contributed by atoms with Gasteiger partial charge >= 0.3 is 6.09 Å². The van der Waals surface area contributed by atoms with Crippen LogP contribution in [0.1, 0.15) is 55.5 Å². The van der Waals surface area contributed by atoms with Crippen LogP contribution in [0.5, 0.6) is 5.75 Å². The SMILES string of the molecule is CC(=O)O.COc1cc(C(=O)NC(=O)[C@H](CCCN=C(N)N)NC(=O)[C@H](CCCN=C(N)N)NC(=O)[C@H](C)NC(=O)OCc2ccccc2)cc2ccccc12. The molecule has 3 rings (SSSR count). The molecule has 19 heteroatoms. The van der Waals surface area contributed by atoms with Crippen molar-refractivity contribution in [3.63, 3.8) is 0 Å². The first-order valence-corrected chi connectivity index (χ1v) is 17.4. The highest BCUT2D eigenvalue weighted by Gasteiger charge is 2.29. The topological polar surface area (TPSA) is 318 Å². The van der Waals surface area contributed by atoms with E-state index in [9.17, 15) is 24.0 Å². The summed E-state index contributed by atoms with van der Waals surface area (Å²) in [7, 11) is 1.47. The average molecular weight is 779 g/mol. The predicted molar refractivity (Wildman–Crippen MR) is 209 cm³/mol. The Balaban J connectivity index is 0.00000258. The Morgan fingerprint density at radius 1 is 0.750 bits per heavy atom. The summed E-state index contributed by atoms with van der Waals surface area (Å²) in [6.45, 7) is 2.77. The molecule has 0 unspecified atom stereocenters. The number of benzene rings is 3. The molecule has 0 aliphatic carbocycles. The molecule has 3 atom stereocenters. The second-order valence-electron chi connectivity index (χ2n) is 12.2. The van der Waals surface area contributed by atoms with Crippen molar-refractivity contribution < 1.29 is 43.3 Å². The Hall–Kier alpha value is -6.92. The van der Waals surface area contributed by atoms with Crippen LogP contribution in [0.3, 0.4) is 0 Å². The second-order valence-corrected chi connectivity index (χ2v) is 12.2. The van der Waals surface area contributed by atoms with E-state index in [4.69, 9.17) is 42.3 Å². The summed E-state index contributed by atoms with van der Waals surface area (Å²) >= 11 is 0. The van der Waals surface area contributed by atoms with Gasteiger partial charge < -0.3 is 53.5 Å². The maximum atomic E-state index is 13.7. The first-order chi connectivity index (χ1) is 26.6. The van der Waals surface area contributed by atoms with E-state index in [1.807, 2.05) is 18.2 Å². The van der Waals surface area contributed by atoms with Crippen LogP contribution in [0.4, 0.5) is 4.79 Å². The number of ether oxygens (including phenoxy) is 2. The summed E-state index contributed by atoms with van der Waals surface area (Å²) in [5.74, 6) is -3.67. The zero-order valence-corrected chi connectivity index (χ0v) is 31.4. The van der Waals surface area contributed by atoms with Crippen molar-refractivity contribution in [3.8, 4) is 5.75 Å². The lowest BCUT2D eigenvalue weighted by molar-refractivity contribution is -0.134. The molecule has 13 N–H and O–H groups in total. The molecule has 0 aliphatic rings. The fourth-order valence-corrected chi connectivity index (χ4v) is 4.97. The number of alkyl carbamates (subject to hydrolysis) is 1. The Morgan fingerprint density at radius 3 is 1.86 bits per heavy atom. The average Bonchev–Trinajstić information content (AvgIpc) is 3.15. The molecule has 56 heavy (non-hydrogen) atoms. The summed E-state index contributed by atoms with van der Waals surface area (Å²) in [6, 6.07) is 15.8. The number of hydrogen-bond acceptors (Lipinski definition) is 10. The fraction of sp³-hybridized carbons (Fsp3) is 0.351. The van der Waals surface area contributed by atoms with Crippen LogP contribution in [0.15, 0.2) is 76.7 Å². The van der Waals surface area contributed by atoms with Gasteiger partial charge in [0, 0.05) is 31.0 Å². The van der Waals surface area contributed by atoms with E-state index in [-0.39, 0.29) is 62.9 Å². The molecule has 19 nitrogen and oxygen atoms in total. The van der Waals surface area contributed by atoms with Gasteiger partial charge in [-0.25, -0.2) is 4.79 Å². The fourth-order valence-electron chi connectivity index (χ4n) is 4.97. The number of hydrogen-bond donors (Lipinski definition) is 9. The lowest BCUT2D eigenvalue weighted by Crippen LogP contribution is -2.56. The quantitative estimate of drug-likeness (QED) is 0.0486. The Labute approximate surface area is 323 Å². The molecule has 3 aromatic carbocycles. The van der Waals surface area contributed by atoms with Gasteiger partial charge in [0.15, 0.2) is 11.9 Å². The van der Waals surface area contributed by atoms with E-state index < -0.39 is 53.8 Å². The number of carbonyl (C=O) groups excluding carboxylic acids is 5. The largest absolute Gasteiger partial charge is 0.496 e. The van der Waals surface area contributed by atoms with Gasteiger partial charge in [-0.15, -0.1) is 0 Å². The highest BCUT2D eigenvalue weighted by molar-refractivity contribution is 6.09. The number of guanidine groups is 2. The molecule has 5 amide bonds. The molecule has 0 aromatic heterocycles. The van der Waals surface area contributed by atoms with E-state index >= 15 is 0 Å². The van der Waals surface area contributed by atoms with Crippen LogP contribution in [-0.4, -0.2) is 91.0 Å². The number of nitrogens with zero attached hydrogens (tertiary/aromatic N) is 2. The number of carboxylic acid groups (broad SMARTS) is 1. The van der Waals surface area contributed by atoms with Crippen molar-refractivity contribution in [2.24, 2.45) is 32.9 Å². The molecule has 0 bridgehead atoms. The van der Waals surface area contributed by atoms with Crippen LogP contribution >= 0.6 is 0 Å². The molecule has 0 fully saturated rings. The molecule has 0 saturated carbocycles. The Morgan fingerprint density at radius 2 is 1.29 bits per heavy atom. The van der Waals surface area contributed by atoms with E-state index in [1.54, 1.807) is 42.5 Å². The van der Waals surface area contributed by atoms with Gasteiger partial charge in [0.1, 0.15) is 30.5 Å². The number of imide groups is 1. The maximum absolute atomic E-state index is 13.7. The van der Waals surface area contributed by atoms with Crippen molar-refractivity contribution in [2.45, 2.75) is 64.3 Å². The molecular formula is C37H50N10O9. The predicted octanol–water partition coefficient (Wildman–Crippen LogP) is 0.587. The number of carboxylic acids is 1. The van der Waals surface area contributed by atoms with Crippen molar-refractivity contribution in [1.29, 1.82) is 0 Å². The van der Waals surface area contributed by atoms with Gasteiger partial charge in [0.2, 0.25) is 17.7 Å². The molecule has 0 aliphatic heterocycles. The van der Waals surface area contributed by atoms with Crippen LogP contribution in [0.2, 0.25) is 0 Å². The van der Waals surface area contributed by atoms with Crippen molar-refractivity contribution in [1.82, 2.24) is 21.3 Å². The number of rotatable bonds is 18. The summed E-state index contributed by atoms with van der Waals surface area (Å²) < 4.78 is 10.6. The third-order valence-electron chi connectivity index (χ3n) is 7.64. The van der Waals surface area contributed by atoms with Gasteiger partial charge in [-0.1, -0.05) is 54.6 Å². The smallest absolute Gasteiger partial charge is 0.408 e. The molecule has 0 radical (unpaired) electrons. The van der Waals surface area contributed by atoms with Gasteiger partial charge in [-0.3, -0.25) is 39.3 Å². The highest BCUT2D eigenvalue weighted by atomic mass is 16.5. The van der Waals surface area contributed by atoms with E-state index in [0.29, 0.717) is 11.1 Å². The Kier molecular flexibility index (Phi) is 19.1. The number of aliphatic carboxylic acids is 1. The van der Waals surface area contributed by atoms with Crippen LogP contribution in [0, 0.1) is 0 Å². The van der Waals surface area contributed by atoms with Gasteiger partial charge in [-0.2, -0.15) is 0 Å². The lowest BCUT2D eigenvalue weighted by atomic mass is 10.0. The number of fused-ring (bicyclic) bond motifs is 1. The van der Waals surface area contributed by atoms with Gasteiger partial charge in [0.25, 0.3) is 11.9 Å². The summed E-state index contributed by atoms with van der Waals surface area (Å²) in [4.78, 5) is 82.8. The monoisotopic (exact) mass is 778 g/mol. The zero-order valence-electron chi connectivity index (χ0n) is 31.4. The molecule has 302 valence electrons. The first kappa shape index (κ1) is 45.2. The summed E-state index contributed by atoms with van der Waals surface area (Å²) in [6.07, 6.45) is -0.241. The van der Waals surface area contributed by atoms with Crippen LogP contribution < -0.4 is 48.9 Å². The van der Waals surface area contributed by atoms with Gasteiger partial charge in [-0.05, 0) is 55.7 Å². The molecular weight excluding hydrogens is 728 g/mol. The molecule has 0 spiro atoms. The summed E-state index contributed by atoms with van der Waals surface area (Å²) in [5, 5.41) is 18.9. The van der Waals surface area contributed by atoms with Crippen molar-refractivity contribution in [2.75, 3.05) is 20.2 Å². The minimum absolute atomic E-state index is 0.0135. The number of nitrogens with two attached hydrogens (primary N) is 4. The number of aliphatic imine (C=N–C) groups is 2. The second kappa shape index (κ2) is 23.7.